The maximum atomic E-state index is 6.34. The summed E-state index contributed by atoms with van der Waals surface area (Å²) in [6.45, 7) is 2.32. The van der Waals surface area contributed by atoms with Gasteiger partial charge in [0.15, 0.2) is 5.75 Å². The summed E-state index contributed by atoms with van der Waals surface area (Å²) in [5.41, 5.74) is 3.72. The Bertz CT molecular complexity index is 913. The summed E-state index contributed by atoms with van der Waals surface area (Å²) >= 11 is 18.8. The molecule has 0 spiro atoms. The third-order valence-electron chi connectivity index (χ3n) is 3.75. The van der Waals surface area contributed by atoms with Gasteiger partial charge in [-0.15, -0.1) is 0 Å². The van der Waals surface area contributed by atoms with Gasteiger partial charge in [0.25, 0.3) is 0 Å². The normalized spacial score (nSPS) is 11.1. The van der Waals surface area contributed by atoms with Gasteiger partial charge in [-0.2, -0.15) is 0 Å². The van der Waals surface area contributed by atoms with Gasteiger partial charge < -0.3 is 4.74 Å². The van der Waals surface area contributed by atoms with E-state index >= 15 is 0 Å². The topological polar surface area (TPSA) is 21.6 Å². The molecule has 132 valence electrons. The number of hydrogen-bond acceptors (Lipinski definition) is 2. The molecule has 0 saturated heterocycles. The van der Waals surface area contributed by atoms with Gasteiger partial charge in [0.05, 0.1) is 15.7 Å². The van der Waals surface area contributed by atoms with Gasteiger partial charge in [-0.3, -0.25) is 4.99 Å². The van der Waals surface area contributed by atoms with E-state index in [9.17, 15) is 0 Å². The SMILES string of the molecule is Cc1ccc(N=Cc2cc(Cl)c(OCc3ccccc3Cl)c(Cl)c2)cc1. The molecule has 0 bridgehead atoms. The molecule has 0 atom stereocenters. The minimum atomic E-state index is 0.288. The van der Waals surface area contributed by atoms with Crippen LogP contribution in [0.5, 0.6) is 5.75 Å². The van der Waals surface area contributed by atoms with Gasteiger partial charge in [-0.25, -0.2) is 0 Å². The molecule has 0 aliphatic carbocycles. The molecular formula is C21H16Cl3NO. The maximum absolute atomic E-state index is 6.34. The highest BCUT2D eigenvalue weighted by Gasteiger charge is 2.10. The highest BCUT2D eigenvalue weighted by molar-refractivity contribution is 6.37. The minimum absolute atomic E-state index is 0.288. The molecule has 2 nitrogen and oxygen atoms in total. The van der Waals surface area contributed by atoms with E-state index < -0.39 is 0 Å². The molecule has 0 amide bonds. The molecular weight excluding hydrogens is 389 g/mol. The van der Waals surface area contributed by atoms with Crippen molar-refractivity contribution in [2.24, 2.45) is 4.99 Å². The Kier molecular flexibility index (Phi) is 6.20. The average molecular weight is 405 g/mol. The Morgan fingerprint density at radius 1 is 0.885 bits per heavy atom. The zero-order chi connectivity index (χ0) is 18.5. The molecule has 0 aliphatic heterocycles. The van der Waals surface area contributed by atoms with Crippen molar-refractivity contribution in [1.82, 2.24) is 0 Å². The Labute approximate surface area is 168 Å². The maximum Gasteiger partial charge on any atom is 0.157 e. The van der Waals surface area contributed by atoms with Crippen LogP contribution in [0.1, 0.15) is 16.7 Å². The number of halogens is 3. The smallest absolute Gasteiger partial charge is 0.157 e. The molecule has 3 rings (SSSR count). The summed E-state index contributed by atoms with van der Waals surface area (Å²) < 4.78 is 5.77. The van der Waals surface area contributed by atoms with E-state index in [1.807, 2.05) is 55.5 Å². The average Bonchev–Trinajstić information content (AvgIpc) is 2.62. The van der Waals surface area contributed by atoms with Gasteiger partial charge in [-0.1, -0.05) is 70.7 Å². The Hall–Kier alpha value is -2.00. The molecule has 0 unspecified atom stereocenters. The molecule has 0 aliphatic rings. The third-order valence-corrected chi connectivity index (χ3v) is 4.68. The fourth-order valence-corrected chi connectivity index (χ4v) is 3.14. The number of rotatable bonds is 5. The Morgan fingerprint density at radius 2 is 1.54 bits per heavy atom. The van der Waals surface area contributed by atoms with Crippen molar-refractivity contribution in [3.63, 3.8) is 0 Å². The Balaban J connectivity index is 1.75. The molecule has 3 aromatic rings. The number of ether oxygens (including phenoxy) is 1. The molecule has 0 radical (unpaired) electrons. The minimum Gasteiger partial charge on any atom is -0.486 e. The molecule has 0 aromatic heterocycles. The summed E-state index contributed by atoms with van der Waals surface area (Å²) in [5.74, 6) is 0.431. The second-order valence-electron chi connectivity index (χ2n) is 5.79. The second-order valence-corrected chi connectivity index (χ2v) is 7.01. The lowest BCUT2D eigenvalue weighted by atomic mass is 10.2. The third kappa shape index (κ3) is 4.79. The molecule has 0 fully saturated rings. The summed E-state index contributed by atoms with van der Waals surface area (Å²) in [6.07, 6.45) is 1.72. The molecule has 0 N–H and O–H groups in total. The van der Waals surface area contributed by atoms with Crippen molar-refractivity contribution in [2.75, 3.05) is 0 Å². The zero-order valence-corrected chi connectivity index (χ0v) is 16.3. The number of benzene rings is 3. The first-order valence-corrected chi connectivity index (χ1v) is 9.12. The van der Waals surface area contributed by atoms with Crippen LogP contribution in [0.15, 0.2) is 65.7 Å². The lowest BCUT2D eigenvalue weighted by Gasteiger charge is -2.11. The van der Waals surface area contributed by atoms with Gasteiger partial charge in [-0.05, 0) is 42.8 Å². The largest absolute Gasteiger partial charge is 0.486 e. The first-order valence-electron chi connectivity index (χ1n) is 7.99. The van der Waals surface area contributed by atoms with Crippen molar-refractivity contribution < 1.29 is 4.74 Å². The van der Waals surface area contributed by atoms with Crippen LogP contribution < -0.4 is 4.74 Å². The number of nitrogens with zero attached hydrogens (tertiary/aromatic N) is 1. The van der Waals surface area contributed by atoms with Crippen LogP contribution >= 0.6 is 34.8 Å². The highest BCUT2D eigenvalue weighted by atomic mass is 35.5. The van der Waals surface area contributed by atoms with Crippen LogP contribution in [0.4, 0.5) is 5.69 Å². The first kappa shape index (κ1) is 18.8. The van der Waals surface area contributed by atoms with Crippen molar-refractivity contribution in [1.29, 1.82) is 0 Å². The van der Waals surface area contributed by atoms with E-state index in [0.29, 0.717) is 20.8 Å². The Morgan fingerprint density at radius 3 is 2.19 bits per heavy atom. The van der Waals surface area contributed by atoms with Crippen LogP contribution in [-0.4, -0.2) is 6.21 Å². The lowest BCUT2D eigenvalue weighted by molar-refractivity contribution is 0.306. The quantitative estimate of drug-likeness (QED) is 0.409. The monoisotopic (exact) mass is 403 g/mol. The zero-order valence-electron chi connectivity index (χ0n) is 14.0. The summed E-state index contributed by atoms with van der Waals surface area (Å²) in [6, 6.07) is 19.0. The van der Waals surface area contributed by atoms with Crippen molar-refractivity contribution in [3.05, 3.63) is 92.4 Å². The first-order chi connectivity index (χ1) is 12.5. The summed E-state index contributed by atoms with van der Waals surface area (Å²) in [4.78, 5) is 4.43. The van der Waals surface area contributed by atoms with E-state index in [1.54, 1.807) is 18.3 Å². The second kappa shape index (κ2) is 8.59. The van der Waals surface area contributed by atoms with E-state index in [0.717, 1.165) is 16.8 Å². The molecule has 5 heteroatoms. The van der Waals surface area contributed by atoms with Crippen LogP contribution in [0.2, 0.25) is 15.1 Å². The number of aliphatic imine (C=N–C) groups is 1. The highest BCUT2D eigenvalue weighted by Crippen LogP contribution is 2.35. The molecule has 26 heavy (non-hydrogen) atoms. The van der Waals surface area contributed by atoms with Crippen molar-refractivity contribution >= 4 is 46.7 Å². The van der Waals surface area contributed by atoms with Crippen molar-refractivity contribution in [3.8, 4) is 5.75 Å². The molecule has 3 aromatic carbocycles. The molecule has 0 saturated carbocycles. The van der Waals surface area contributed by atoms with Gasteiger partial charge in [0, 0.05) is 16.8 Å². The van der Waals surface area contributed by atoms with Gasteiger partial charge >= 0.3 is 0 Å². The van der Waals surface area contributed by atoms with Crippen LogP contribution in [0.3, 0.4) is 0 Å². The number of hydrogen-bond donors (Lipinski definition) is 0. The van der Waals surface area contributed by atoms with E-state index in [1.165, 1.54) is 5.56 Å². The van der Waals surface area contributed by atoms with Gasteiger partial charge in [0.1, 0.15) is 6.61 Å². The van der Waals surface area contributed by atoms with Crippen molar-refractivity contribution in [2.45, 2.75) is 13.5 Å². The van der Waals surface area contributed by atoms with E-state index in [-0.39, 0.29) is 6.61 Å². The number of aryl methyl sites for hydroxylation is 1. The van der Waals surface area contributed by atoms with Crippen LogP contribution in [0, 0.1) is 6.92 Å². The van der Waals surface area contributed by atoms with E-state index in [4.69, 9.17) is 39.5 Å². The fraction of sp³-hybridized carbons (Fsp3) is 0.0952. The van der Waals surface area contributed by atoms with E-state index in [2.05, 4.69) is 4.99 Å². The summed E-state index contributed by atoms with van der Waals surface area (Å²) in [7, 11) is 0. The molecule has 0 heterocycles. The lowest BCUT2D eigenvalue weighted by Crippen LogP contribution is -1.98. The predicted octanol–water partition coefficient (Wildman–Crippen LogP) is 7.28. The van der Waals surface area contributed by atoms with Crippen LogP contribution in [-0.2, 0) is 6.61 Å². The fourth-order valence-electron chi connectivity index (χ4n) is 2.34. The standard InChI is InChI=1S/C21H16Cl3NO/c1-14-6-8-17(9-7-14)25-12-15-10-19(23)21(20(24)11-15)26-13-16-4-2-3-5-18(16)22/h2-12H,13H2,1H3. The van der Waals surface area contributed by atoms with Crippen LogP contribution in [0.25, 0.3) is 0 Å². The summed E-state index contributed by atoms with van der Waals surface area (Å²) in [5, 5.41) is 1.49. The predicted molar refractivity (Wildman–Crippen MR) is 111 cm³/mol. The van der Waals surface area contributed by atoms with Gasteiger partial charge in [0.2, 0.25) is 0 Å².